The summed E-state index contributed by atoms with van der Waals surface area (Å²) in [4.78, 5) is 36.4. The highest BCUT2D eigenvalue weighted by Gasteiger charge is 2.21. The lowest BCUT2D eigenvalue weighted by Crippen LogP contribution is -2.26. The zero-order chi connectivity index (χ0) is 21.1. The molecule has 0 bridgehead atoms. The van der Waals surface area contributed by atoms with Gasteiger partial charge in [0.05, 0.1) is 5.39 Å². The normalized spacial score (nSPS) is 12.7. The van der Waals surface area contributed by atoms with E-state index in [0.717, 1.165) is 40.8 Å². The van der Waals surface area contributed by atoms with E-state index >= 15 is 0 Å². The Labute approximate surface area is 179 Å². The number of hydrogen-bond donors (Lipinski definition) is 1. The van der Waals surface area contributed by atoms with Gasteiger partial charge in [-0.3, -0.25) is 9.59 Å². The average molecular weight is 424 g/mol. The highest BCUT2D eigenvalue weighted by molar-refractivity contribution is 7.18. The minimum atomic E-state index is -0.0750. The molecule has 0 radical (unpaired) electrons. The van der Waals surface area contributed by atoms with E-state index in [9.17, 15) is 9.59 Å². The second kappa shape index (κ2) is 8.83. The summed E-state index contributed by atoms with van der Waals surface area (Å²) >= 11 is 1.62. The number of aromatic nitrogens is 2. The predicted molar refractivity (Wildman–Crippen MR) is 119 cm³/mol. The van der Waals surface area contributed by atoms with E-state index in [2.05, 4.69) is 16.5 Å². The third kappa shape index (κ3) is 4.31. The molecule has 0 saturated carbocycles. The van der Waals surface area contributed by atoms with Crippen molar-refractivity contribution >= 4 is 27.5 Å². The number of nitrogens with zero attached hydrogens (tertiary/aromatic N) is 2. The first kappa shape index (κ1) is 20.3. The van der Waals surface area contributed by atoms with E-state index in [1.165, 1.54) is 10.4 Å². The fourth-order valence-electron chi connectivity index (χ4n) is 3.79. The van der Waals surface area contributed by atoms with E-state index in [4.69, 9.17) is 4.74 Å². The molecule has 156 valence electrons. The van der Waals surface area contributed by atoms with Gasteiger partial charge in [-0.15, -0.1) is 11.3 Å². The van der Waals surface area contributed by atoms with Gasteiger partial charge in [-0.2, -0.15) is 0 Å². The predicted octanol–water partition coefficient (Wildman–Crippen LogP) is 3.63. The van der Waals surface area contributed by atoms with Gasteiger partial charge >= 0.3 is 0 Å². The Balaban J connectivity index is 1.36. The Morgan fingerprint density at radius 3 is 2.90 bits per heavy atom. The minimum absolute atomic E-state index is 0.0124. The molecule has 0 unspecified atom stereocenters. The van der Waals surface area contributed by atoms with Crippen molar-refractivity contribution in [2.45, 2.75) is 38.6 Å². The molecule has 7 heteroatoms. The number of aryl methyl sites for hydroxylation is 3. The van der Waals surface area contributed by atoms with Gasteiger partial charge in [0.25, 0.3) is 5.56 Å². The maximum Gasteiger partial charge on any atom is 0.259 e. The first-order chi connectivity index (χ1) is 14.5. The molecule has 4 rings (SSSR count). The van der Waals surface area contributed by atoms with Gasteiger partial charge in [-0.05, 0) is 42.5 Å². The summed E-state index contributed by atoms with van der Waals surface area (Å²) in [6.07, 6.45) is 5.54. The van der Waals surface area contributed by atoms with Crippen LogP contribution in [0.15, 0.2) is 41.7 Å². The summed E-state index contributed by atoms with van der Waals surface area (Å²) in [5.74, 6) is 1.37. The Morgan fingerprint density at radius 1 is 1.33 bits per heavy atom. The van der Waals surface area contributed by atoms with Crippen LogP contribution in [-0.2, 0) is 30.6 Å². The summed E-state index contributed by atoms with van der Waals surface area (Å²) in [6.45, 7) is 4.61. The van der Waals surface area contributed by atoms with Crippen molar-refractivity contribution in [3.63, 3.8) is 0 Å². The molecule has 0 spiro atoms. The number of carbonyl (C=O) groups is 1. The van der Waals surface area contributed by atoms with E-state index in [0.29, 0.717) is 31.8 Å². The standard InChI is InChI=1S/C23H25N3O3S/c1-3-13-29-16-9-7-15(8-10-16)14-26(2)20(27)12-11-19-24-22(28)21-17-5-4-6-18(17)30-23(21)25-19/h3,7-10H,1,4-6,11-14H2,2H3,(H,24,25,28). The topological polar surface area (TPSA) is 75.3 Å². The number of fused-ring (bicyclic) bond motifs is 3. The number of hydrogen-bond acceptors (Lipinski definition) is 5. The van der Waals surface area contributed by atoms with Crippen LogP contribution in [0.3, 0.4) is 0 Å². The molecular weight excluding hydrogens is 398 g/mol. The van der Waals surface area contributed by atoms with Gasteiger partial charge in [0, 0.05) is 31.3 Å². The van der Waals surface area contributed by atoms with E-state index < -0.39 is 0 Å². The van der Waals surface area contributed by atoms with Crippen molar-refractivity contribution in [1.82, 2.24) is 14.9 Å². The number of aromatic amines is 1. The second-order valence-corrected chi connectivity index (χ2v) is 8.63. The van der Waals surface area contributed by atoms with Crippen LogP contribution in [0.4, 0.5) is 0 Å². The average Bonchev–Trinajstić information content (AvgIpc) is 3.32. The van der Waals surface area contributed by atoms with Gasteiger partial charge in [0.2, 0.25) is 5.91 Å². The van der Waals surface area contributed by atoms with Crippen molar-refractivity contribution in [2.24, 2.45) is 0 Å². The minimum Gasteiger partial charge on any atom is -0.490 e. The molecule has 30 heavy (non-hydrogen) atoms. The number of thiophene rings is 1. The lowest BCUT2D eigenvalue weighted by atomic mass is 10.2. The van der Waals surface area contributed by atoms with Crippen LogP contribution in [0.5, 0.6) is 5.75 Å². The lowest BCUT2D eigenvalue weighted by molar-refractivity contribution is -0.130. The Hall–Kier alpha value is -2.93. The zero-order valence-electron chi connectivity index (χ0n) is 17.1. The maximum absolute atomic E-state index is 12.6. The smallest absolute Gasteiger partial charge is 0.259 e. The van der Waals surface area contributed by atoms with E-state index in [-0.39, 0.29) is 11.5 Å². The Kier molecular flexibility index (Phi) is 5.99. The van der Waals surface area contributed by atoms with Gasteiger partial charge in [0.15, 0.2) is 0 Å². The van der Waals surface area contributed by atoms with Crippen LogP contribution in [-0.4, -0.2) is 34.4 Å². The van der Waals surface area contributed by atoms with Crippen LogP contribution in [0, 0.1) is 0 Å². The zero-order valence-corrected chi connectivity index (χ0v) is 17.9. The van der Waals surface area contributed by atoms with E-state index in [1.54, 1.807) is 29.4 Å². The molecule has 0 atom stereocenters. The van der Waals surface area contributed by atoms with Gasteiger partial charge in [0.1, 0.15) is 23.0 Å². The van der Waals surface area contributed by atoms with Crippen molar-refractivity contribution in [2.75, 3.05) is 13.7 Å². The molecule has 2 heterocycles. The SMILES string of the molecule is C=CCOc1ccc(CN(C)C(=O)CCc2nc3sc4c(c3c(=O)[nH]2)CCC4)cc1. The van der Waals surface area contributed by atoms with Crippen LogP contribution < -0.4 is 10.3 Å². The van der Waals surface area contributed by atoms with Crippen molar-refractivity contribution in [3.05, 3.63) is 69.1 Å². The molecule has 1 aromatic carbocycles. The molecule has 1 aliphatic carbocycles. The quantitative estimate of drug-likeness (QED) is 0.562. The summed E-state index contributed by atoms with van der Waals surface area (Å²) in [5, 5.41) is 0.750. The molecule has 1 N–H and O–H groups in total. The van der Waals surface area contributed by atoms with Crippen LogP contribution in [0.1, 0.15) is 34.7 Å². The summed E-state index contributed by atoms with van der Waals surface area (Å²) in [6, 6.07) is 7.68. The lowest BCUT2D eigenvalue weighted by Gasteiger charge is -2.17. The monoisotopic (exact) mass is 423 g/mol. The van der Waals surface area contributed by atoms with Crippen molar-refractivity contribution in [1.29, 1.82) is 0 Å². The summed E-state index contributed by atoms with van der Waals surface area (Å²) < 4.78 is 5.48. The van der Waals surface area contributed by atoms with Gasteiger partial charge < -0.3 is 14.6 Å². The third-order valence-corrected chi connectivity index (χ3v) is 6.52. The van der Waals surface area contributed by atoms with Crippen LogP contribution >= 0.6 is 11.3 Å². The molecule has 1 aliphatic rings. The first-order valence-electron chi connectivity index (χ1n) is 10.1. The number of carbonyl (C=O) groups excluding carboxylic acids is 1. The van der Waals surface area contributed by atoms with Gasteiger partial charge in [-0.1, -0.05) is 24.8 Å². The fourth-order valence-corrected chi connectivity index (χ4v) is 5.07. The Bertz CT molecular complexity index is 1130. The number of rotatable bonds is 8. The largest absolute Gasteiger partial charge is 0.490 e. The Morgan fingerprint density at radius 2 is 2.13 bits per heavy atom. The fraction of sp³-hybridized carbons (Fsp3) is 0.348. The maximum atomic E-state index is 12.6. The number of ether oxygens (including phenoxy) is 1. The molecule has 3 aromatic rings. The van der Waals surface area contributed by atoms with Crippen LogP contribution in [0.2, 0.25) is 0 Å². The summed E-state index contributed by atoms with van der Waals surface area (Å²) in [7, 11) is 1.79. The first-order valence-corrected chi connectivity index (χ1v) is 11.0. The highest BCUT2D eigenvalue weighted by atomic mass is 32.1. The summed E-state index contributed by atoms with van der Waals surface area (Å²) in [5.41, 5.74) is 2.12. The molecular formula is C23H25N3O3S. The van der Waals surface area contributed by atoms with Crippen molar-refractivity contribution in [3.8, 4) is 5.75 Å². The molecule has 0 saturated heterocycles. The molecule has 0 aliphatic heterocycles. The molecule has 1 amide bonds. The van der Waals surface area contributed by atoms with E-state index in [1.807, 2.05) is 24.3 Å². The molecule has 2 aromatic heterocycles. The van der Waals surface area contributed by atoms with Crippen LogP contribution in [0.25, 0.3) is 10.2 Å². The number of nitrogens with one attached hydrogen (secondary N) is 1. The van der Waals surface area contributed by atoms with Crippen molar-refractivity contribution < 1.29 is 9.53 Å². The van der Waals surface area contributed by atoms with Gasteiger partial charge in [-0.25, -0.2) is 4.98 Å². The number of benzene rings is 1. The number of H-pyrrole nitrogens is 1. The highest BCUT2D eigenvalue weighted by Crippen LogP contribution is 2.34. The number of amides is 1. The molecule has 0 fully saturated rings. The molecule has 6 nitrogen and oxygen atoms in total. The second-order valence-electron chi connectivity index (χ2n) is 7.54. The third-order valence-electron chi connectivity index (χ3n) is 5.34.